The van der Waals surface area contributed by atoms with E-state index in [1.165, 1.54) is 25.9 Å². The molecule has 7 heteroatoms. The molecule has 18 heavy (non-hydrogen) atoms. The van der Waals surface area contributed by atoms with E-state index in [1.807, 2.05) is 6.20 Å². The number of hydrogen-bond acceptors (Lipinski definition) is 6. The van der Waals surface area contributed by atoms with Crippen molar-refractivity contribution in [2.24, 2.45) is 0 Å². The van der Waals surface area contributed by atoms with Crippen molar-refractivity contribution >= 4 is 0 Å². The van der Waals surface area contributed by atoms with E-state index in [2.05, 4.69) is 11.5 Å². The predicted octanol–water partition coefficient (Wildman–Crippen LogP) is -3.62. The Labute approximate surface area is 132 Å². The Morgan fingerprint density at radius 3 is 1.61 bits per heavy atom. The fourth-order valence-electron chi connectivity index (χ4n) is 0.982. The van der Waals surface area contributed by atoms with Crippen LogP contribution < -0.4 is 29.6 Å². The maximum atomic E-state index is 8.17. The summed E-state index contributed by atoms with van der Waals surface area (Å²) >= 11 is 0. The molecule has 1 heterocycles. The molecule has 0 saturated carbocycles. The van der Waals surface area contributed by atoms with Crippen molar-refractivity contribution in [1.29, 1.82) is 0 Å². The molecule has 0 atom stereocenters. The zero-order chi connectivity index (χ0) is 12.8. The Balaban J connectivity index is -0.0000000830. The van der Waals surface area contributed by atoms with Crippen LogP contribution in [0.15, 0.2) is 12.8 Å². The predicted molar refractivity (Wildman–Crippen MR) is 65.9 cm³/mol. The van der Waals surface area contributed by atoms with E-state index < -0.39 is 6.10 Å². The van der Waals surface area contributed by atoms with Crippen LogP contribution in [0.1, 0.15) is 19.8 Å². The monoisotopic (exact) mass is 275 g/mol. The fourth-order valence-corrected chi connectivity index (χ4v) is 0.982. The van der Waals surface area contributed by atoms with E-state index in [9.17, 15) is 0 Å². The van der Waals surface area contributed by atoms with Crippen LogP contribution in [0.3, 0.4) is 0 Å². The third-order valence-corrected chi connectivity index (χ3v) is 1.82. The molecule has 0 unspecified atom stereocenters. The summed E-state index contributed by atoms with van der Waals surface area (Å²) in [5.41, 5.74) is 0. The van der Waals surface area contributed by atoms with Gasteiger partial charge in [-0.2, -0.15) is 0 Å². The number of likely N-dealkylation sites (tertiary alicyclic amines) is 1. The van der Waals surface area contributed by atoms with E-state index in [-0.39, 0.29) is 54.9 Å². The third kappa shape index (κ3) is 21.6. The number of hydrogen-bond donors (Lipinski definition) is 4. The van der Waals surface area contributed by atoms with Gasteiger partial charge in [-0.15, -0.1) is 0 Å². The first-order valence-corrected chi connectivity index (χ1v) is 5.53. The topological polar surface area (TPSA) is 114 Å². The molecular formula is C11H26NNaO5. The van der Waals surface area contributed by atoms with Crippen LogP contribution in [0, 0.1) is 0 Å². The summed E-state index contributed by atoms with van der Waals surface area (Å²) in [5.74, 6) is 0. The molecule has 0 aromatic rings. The number of aliphatic hydroxyl groups is 4. The van der Waals surface area contributed by atoms with E-state index in [0.29, 0.717) is 0 Å². The molecule has 5 N–H and O–H groups in total. The van der Waals surface area contributed by atoms with Crippen molar-refractivity contribution in [2.75, 3.05) is 32.9 Å². The average Bonchev–Trinajstić information content (AvgIpc) is 2.82. The number of nitrogens with zero attached hydrogens (tertiary/aromatic N) is 1. The quantitative estimate of drug-likeness (QED) is 0.395. The largest absolute Gasteiger partial charge is 1.00 e. The van der Waals surface area contributed by atoms with Crippen molar-refractivity contribution in [1.82, 2.24) is 4.90 Å². The van der Waals surface area contributed by atoms with Gasteiger partial charge in [0.2, 0.25) is 0 Å². The van der Waals surface area contributed by atoms with Gasteiger partial charge in [0.15, 0.2) is 0 Å². The number of rotatable bonds is 3. The maximum absolute atomic E-state index is 8.17. The van der Waals surface area contributed by atoms with Crippen molar-refractivity contribution in [3.8, 4) is 0 Å². The minimum atomic E-state index is -0.954. The Morgan fingerprint density at radius 2 is 1.50 bits per heavy atom. The second-order valence-electron chi connectivity index (χ2n) is 3.26. The van der Waals surface area contributed by atoms with Gasteiger partial charge in [-0.05, 0) is 26.0 Å². The molecular weight excluding hydrogens is 249 g/mol. The molecule has 1 rings (SSSR count). The molecule has 0 bridgehead atoms. The first-order valence-electron chi connectivity index (χ1n) is 5.53. The molecule has 1 aliphatic heterocycles. The summed E-state index contributed by atoms with van der Waals surface area (Å²) < 4.78 is 0. The average molecular weight is 275 g/mol. The van der Waals surface area contributed by atoms with Gasteiger partial charge in [0.05, 0.1) is 13.2 Å². The van der Waals surface area contributed by atoms with Crippen molar-refractivity contribution in [2.45, 2.75) is 25.9 Å². The minimum Gasteiger partial charge on any atom is -0.870 e. The Morgan fingerprint density at radius 1 is 1.17 bits per heavy atom. The van der Waals surface area contributed by atoms with E-state index in [0.717, 1.165) is 0 Å². The van der Waals surface area contributed by atoms with Crippen LogP contribution >= 0.6 is 0 Å². The smallest absolute Gasteiger partial charge is 0.870 e. The molecule has 1 aliphatic rings. The van der Waals surface area contributed by atoms with Crippen LogP contribution in [0.5, 0.6) is 0 Å². The van der Waals surface area contributed by atoms with Crippen molar-refractivity contribution in [3.05, 3.63) is 12.8 Å². The van der Waals surface area contributed by atoms with E-state index in [4.69, 9.17) is 20.4 Å². The minimum absolute atomic E-state index is 0. The van der Waals surface area contributed by atoms with E-state index >= 15 is 0 Å². The van der Waals surface area contributed by atoms with Crippen molar-refractivity contribution < 1.29 is 55.5 Å². The standard InChI is InChI=1S/C6H11N.C3H8O3.C2H6O.Na.H2O/c1-2-7-5-3-4-6-7;4-1-3(6)2-5;1-2-3;;/h2H,1,3-6H2;3-6H,1-2H2;3H,2H2,1H3;;1H2/q;;;+1;/p-1. The van der Waals surface area contributed by atoms with Gasteiger partial charge < -0.3 is 30.8 Å². The van der Waals surface area contributed by atoms with Crippen LogP contribution in [-0.4, -0.2) is 69.8 Å². The third-order valence-electron chi connectivity index (χ3n) is 1.82. The molecule has 106 valence electrons. The zero-order valence-corrected chi connectivity index (χ0v) is 13.5. The molecule has 0 amide bonds. The Bertz CT molecular complexity index is 141. The van der Waals surface area contributed by atoms with Crippen LogP contribution in [-0.2, 0) is 0 Å². The molecule has 6 nitrogen and oxygen atoms in total. The summed E-state index contributed by atoms with van der Waals surface area (Å²) in [7, 11) is 0. The second-order valence-corrected chi connectivity index (χ2v) is 3.26. The maximum Gasteiger partial charge on any atom is 1.00 e. The first-order chi connectivity index (χ1) is 7.65. The normalized spacial score (nSPS) is 12.2. The number of aliphatic hydroxyl groups excluding tert-OH is 4. The Hall–Kier alpha value is 0.340. The summed E-state index contributed by atoms with van der Waals surface area (Å²) in [6.07, 6.45) is 3.68. The first kappa shape index (κ1) is 26.8. The van der Waals surface area contributed by atoms with Gasteiger partial charge in [0.1, 0.15) is 6.10 Å². The second kappa shape index (κ2) is 22.5. The molecule has 0 aromatic heterocycles. The van der Waals surface area contributed by atoms with Crippen LogP contribution in [0.2, 0.25) is 0 Å². The van der Waals surface area contributed by atoms with Crippen LogP contribution in [0.25, 0.3) is 0 Å². The van der Waals surface area contributed by atoms with E-state index in [1.54, 1.807) is 6.92 Å². The van der Waals surface area contributed by atoms with Gasteiger partial charge in [0.25, 0.3) is 0 Å². The molecule has 0 spiro atoms. The molecule has 1 saturated heterocycles. The van der Waals surface area contributed by atoms with Crippen molar-refractivity contribution in [3.63, 3.8) is 0 Å². The molecule has 0 radical (unpaired) electrons. The van der Waals surface area contributed by atoms with Gasteiger partial charge in [-0.3, -0.25) is 0 Å². The fraction of sp³-hybridized carbons (Fsp3) is 0.818. The summed E-state index contributed by atoms with van der Waals surface area (Å²) in [4.78, 5) is 2.25. The molecule has 0 aromatic carbocycles. The molecule has 1 fully saturated rings. The van der Waals surface area contributed by atoms with Gasteiger partial charge >= 0.3 is 29.6 Å². The summed E-state index contributed by atoms with van der Waals surface area (Å²) in [6, 6.07) is 0. The zero-order valence-electron chi connectivity index (χ0n) is 11.5. The Kier molecular flexibility index (Phi) is 33.5. The van der Waals surface area contributed by atoms with Crippen LogP contribution in [0.4, 0.5) is 0 Å². The summed E-state index contributed by atoms with van der Waals surface area (Å²) in [5, 5.41) is 31.6. The van der Waals surface area contributed by atoms with Gasteiger partial charge in [-0.1, -0.05) is 6.58 Å². The SMILES string of the molecule is C=CN1CCCC1.CCO.OCC(O)CO.[Na+].[OH-]. The van der Waals surface area contributed by atoms with Gasteiger partial charge in [0, 0.05) is 19.7 Å². The summed E-state index contributed by atoms with van der Waals surface area (Å²) in [6.45, 7) is 7.32. The van der Waals surface area contributed by atoms with Gasteiger partial charge in [-0.25, -0.2) is 0 Å². The molecule has 0 aliphatic carbocycles.